The Morgan fingerprint density at radius 1 is 1.16 bits per heavy atom. The summed E-state index contributed by atoms with van der Waals surface area (Å²) in [7, 11) is 0. The SMILES string of the molecule is C[C@]12CC3c4ccccc4C[C@]45CCC(=O)C=C4CC[C@H](C35)[C@@H]1CC[C@@]2(O)/C=C\CO. The van der Waals surface area contributed by atoms with Crippen molar-refractivity contribution in [1.82, 2.24) is 0 Å². The summed E-state index contributed by atoms with van der Waals surface area (Å²) in [6.07, 6.45) is 13.5. The molecule has 0 aliphatic heterocycles. The molecule has 0 heterocycles. The van der Waals surface area contributed by atoms with Gasteiger partial charge >= 0.3 is 0 Å². The lowest BCUT2D eigenvalue weighted by molar-refractivity contribution is -0.128. The largest absolute Gasteiger partial charge is 0.392 e. The molecule has 2 unspecified atom stereocenters. The van der Waals surface area contributed by atoms with Crippen molar-refractivity contribution < 1.29 is 15.0 Å². The minimum atomic E-state index is -0.844. The number of aliphatic hydroxyl groups is 2. The Bertz CT molecular complexity index is 992. The summed E-state index contributed by atoms with van der Waals surface area (Å²) in [5.41, 5.74) is 3.49. The molecule has 0 bridgehead atoms. The highest BCUT2D eigenvalue weighted by atomic mass is 16.3. The summed E-state index contributed by atoms with van der Waals surface area (Å²) >= 11 is 0. The second-order valence-corrected chi connectivity index (χ2v) is 11.3. The van der Waals surface area contributed by atoms with Crippen LogP contribution in [0, 0.1) is 28.6 Å². The second-order valence-electron chi connectivity index (χ2n) is 11.3. The standard InChI is InChI=1S/C28H34O3/c1-26-17-23-21-6-3-2-5-18(21)16-27-12-9-20(30)15-19(27)7-8-22(25(23)27)24(26)10-13-28(26,31)11-4-14-29/h2-6,11,15,22-25,29,31H,7-10,12-14,16-17H2,1H3/b11-4-/t22-,23?,24-,25?,26-,27+,28-/m0/s1. The van der Waals surface area contributed by atoms with Crippen molar-refractivity contribution in [1.29, 1.82) is 0 Å². The predicted octanol–water partition coefficient (Wildman–Crippen LogP) is 4.73. The van der Waals surface area contributed by atoms with Crippen molar-refractivity contribution in [3.63, 3.8) is 0 Å². The van der Waals surface area contributed by atoms with E-state index in [0.29, 0.717) is 35.9 Å². The number of carbonyl (C=O) groups excluding carboxylic acids is 1. The van der Waals surface area contributed by atoms with Gasteiger partial charge in [-0.15, -0.1) is 0 Å². The molecule has 1 aromatic rings. The summed E-state index contributed by atoms with van der Waals surface area (Å²) in [6, 6.07) is 8.98. The molecule has 6 rings (SSSR count). The quantitative estimate of drug-likeness (QED) is 0.683. The molecule has 5 aliphatic carbocycles. The third-order valence-electron chi connectivity index (χ3n) is 10.3. The van der Waals surface area contributed by atoms with Gasteiger partial charge < -0.3 is 10.2 Å². The molecular formula is C28H34O3. The van der Waals surface area contributed by atoms with Gasteiger partial charge in [-0.25, -0.2) is 0 Å². The number of ketones is 1. The van der Waals surface area contributed by atoms with E-state index in [2.05, 4.69) is 31.2 Å². The van der Waals surface area contributed by atoms with E-state index in [1.807, 2.05) is 12.2 Å². The molecule has 3 heteroatoms. The first-order valence-electron chi connectivity index (χ1n) is 12.2. The summed E-state index contributed by atoms with van der Waals surface area (Å²) in [4.78, 5) is 12.4. The van der Waals surface area contributed by atoms with Crippen LogP contribution in [0.3, 0.4) is 0 Å². The van der Waals surface area contributed by atoms with Crippen LogP contribution in [0.1, 0.15) is 68.9 Å². The van der Waals surface area contributed by atoms with Crippen LogP contribution in [0.25, 0.3) is 0 Å². The molecule has 2 N–H and O–H groups in total. The Balaban J connectivity index is 1.53. The molecule has 3 nitrogen and oxygen atoms in total. The molecule has 1 spiro atoms. The topological polar surface area (TPSA) is 57.5 Å². The Labute approximate surface area is 185 Å². The number of fused-ring (bicyclic) bond motifs is 4. The van der Waals surface area contributed by atoms with E-state index < -0.39 is 5.60 Å². The van der Waals surface area contributed by atoms with Gasteiger partial charge in [-0.2, -0.15) is 0 Å². The van der Waals surface area contributed by atoms with Crippen LogP contribution in [-0.2, 0) is 11.2 Å². The monoisotopic (exact) mass is 418 g/mol. The van der Waals surface area contributed by atoms with E-state index in [4.69, 9.17) is 0 Å². The van der Waals surface area contributed by atoms with Gasteiger partial charge in [0.05, 0.1) is 12.2 Å². The third kappa shape index (κ3) is 2.51. The number of carbonyl (C=O) groups is 1. The molecule has 0 saturated heterocycles. The molecule has 5 aliphatic rings. The van der Waals surface area contributed by atoms with E-state index in [9.17, 15) is 15.0 Å². The number of hydrogen-bond acceptors (Lipinski definition) is 3. The zero-order valence-corrected chi connectivity index (χ0v) is 18.5. The first-order chi connectivity index (χ1) is 14.9. The summed E-state index contributed by atoms with van der Waals surface area (Å²) < 4.78 is 0. The van der Waals surface area contributed by atoms with Gasteiger partial charge in [-0.1, -0.05) is 48.9 Å². The van der Waals surface area contributed by atoms with Crippen LogP contribution >= 0.6 is 0 Å². The third-order valence-corrected chi connectivity index (χ3v) is 10.3. The molecule has 0 aromatic heterocycles. The number of allylic oxidation sites excluding steroid dienone is 1. The normalized spacial score (nSPS) is 45.5. The maximum atomic E-state index is 12.4. The summed E-state index contributed by atoms with van der Waals surface area (Å²) in [6.45, 7) is 2.30. The van der Waals surface area contributed by atoms with Gasteiger partial charge in [0.25, 0.3) is 0 Å². The molecule has 3 fully saturated rings. The van der Waals surface area contributed by atoms with Crippen molar-refractivity contribution in [3.05, 3.63) is 59.2 Å². The van der Waals surface area contributed by atoms with Crippen molar-refractivity contribution >= 4 is 5.78 Å². The van der Waals surface area contributed by atoms with Crippen LogP contribution in [0.4, 0.5) is 0 Å². The minimum absolute atomic E-state index is 0.0212. The molecule has 0 amide bonds. The lowest BCUT2D eigenvalue weighted by Crippen LogP contribution is -2.59. The smallest absolute Gasteiger partial charge is 0.155 e. The molecule has 0 radical (unpaired) electrons. The van der Waals surface area contributed by atoms with Crippen LogP contribution in [-0.4, -0.2) is 28.2 Å². The highest BCUT2D eigenvalue weighted by Crippen LogP contribution is 2.73. The lowest BCUT2D eigenvalue weighted by atomic mass is 9.39. The molecule has 1 aromatic carbocycles. The zero-order valence-electron chi connectivity index (χ0n) is 18.5. The first-order valence-corrected chi connectivity index (χ1v) is 12.2. The van der Waals surface area contributed by atoms with Gasteiger partial charge in [0.1, 0.15) is 0 Å². The fourth-order valence-electron chi connectivity index (χ4n) is 9.11. The Hall–Kier alpha value is -1.71. The van der Waals surface area contributed by atoms with Gasteiger partial charge in [0.2, 0.25) is 0 Å². The highest BCUT2D eigenvalue weighted by Gasteiger charge is 2.67. The van der Waals surface area contributed by atoms with Crippen LogP contribution < -0.4 is 0 Å². The van der Waals surface area contributed by atoms with Gasteiger partial charge in [0, 0.05) is 11.8 Å². The maximum Gasteiger partial charge on any atom is 0.155 e. The van der Waals surface area contributed by atoms with E-state index in [1.54, 1.807) is 6.08 Å². The summed E-state index contributed by atoms with van der Waals surface area (Å²) in [5, 5.41) is 21.2. The molecule has 164 valence electrons. The van der Waals surface area contributed by atoms with Crippen molar-refractivity contribution in [2.45, 2.75) is 69.8 Å². The van der Waals surface area contributed by atoms with Crippen molar-refractivity contribution in [2.75, 3.05) is 6.61 Å². The number of aliphatic hydroxyl groups excluding tert-OH is 1. The molecule has 31 heavy (non-hydrogen) atoms. The van der Waals surface area contributed by atoms with E-state index in [1.165, 1.54) is 16.7 Å². The van der Waals surface area contributed by atoms with Gasteiger partial charge in [-0.05, 0) is 91.2 Å². The minimum Gasteiger partial charge on any atom is -0.392 e. The van der Waals surface area contributed by atoms with Gasteiger partial charge in [-0.3, -0.25) is 4.79 Å². The van der Waals surface area contributed by atoms with Crippen molar-refractivity contribution in [3.8, 4) is 0 Å². The van der Waals surface area contributed by atoms with E-state index in [-0.39, 0.29) is 17.4 Å². The lowest BCUT2D eigenvalue weighted by Gasteiger charge is -2.64. The highest BCUT2D eigenvalue weighted by molar-refractivity contribution is 5.91. The fraction of sp³-hybridized carbons (Fsp3) is 0.607. The number of rotatable bonds is 2. The summed E-state index contributed by atoms with van der Waals surface area (Å²) in [5.74, 6) is 2.43. The van der Waals surface area contributed by atoms with E-state index in [0.717, 1.165) is 44.9 Å². The Morgan fingerprint density at radius 2 is 2.00 bits per heavy atom. The number of benzene rings is 1. The number of hydrogen-bond donors (Lipinski definition) is 2. The second kappa shape index (κ2) is 6.65. The fourth-order valence-corrected chi connectivity index (χ4v) is 9.11. The predicted molar refractivity (Wildman–Crippen MR) is 120 cm³/mol. The average Bonchev–Trinajstić information content (AvgIpc) is 3.03. The van der Waals surface area contributed by atoms with E-state index >= 15 is 0 Å². The Morgan fingerprint density at radius 3 is 2.84 bits per heavy atom. The first kappa shape index (κ1) is 19.9. The zero-order chi connectivity index (χ0) is 21.4. The maximum absolute atomic E-state index is 12.4. The van der Waals surface area contributed by atoms with Crippen LogP contribution in [0.5, 0.6) is 0 Å². The molecule has 7 atom stereocenters. The average molecular weight is 419 g/mol. The van der Waals surface area contributed by atoms with Crippen LogP contribution in [0.15, 0.2) is 48.1 Å². The Kier molecular flexibility index (Phi) is 4.28. The van der Waals surface area contributed by atoms with Gasteiger partial charge in [0.15, 0.2) is 5.78 Å². The van der Waals surface area contributed by atoms with Crippen molar-refractivity contribution in [2.24, 2.45) is 28.6 Å². The van der Waals surface area contributed by atoms with Crippen LogP contribution in [0.2, 0.25) is 0 Å². The molecular weight excluding hydrogens is 384 g/mol. The molecule has 3 saturated carbocycles.